The number of pyridine rings is 1. The van der Waals surface area contributed by atoms with Gasteiger partial charge in [-0.25, -0.2) is 4.57 Å². The average molecular weight is 416 g/mol. The van der Waals surface area contributed by atoms with Crippen LogP contribution in [-0.2, 0) is 7.05 Å². The zero-order valence-corrected chi connectivity index (χ0v) is 17.8. The van der Waals surface area contributed by atoms with Crippen LogP contribution in [0, 0.1) is 0 Å². The van der Waals surface area contributed by atoms with Crippen molar-refractivity contribution in [1.29, 1.82) is 0 Å². The molecule has 5 rings (SSSR count). The molecule has 1 aromatic heterocycles. The molecular formula is C25H20ClN2S+. The number of halogens is 1. The molecule has 0 saturated heterocycles. The van der Waals surface area contributed by atoms with Gasteiger partial charge in [-0.15, -0.1) is 0 Å². The van der Waals surface area contributed by atoms with Gasteiger partial charge in [-0.2, -0.15) is 0 Å². The van der Waals surface area contributed by atoms with Gasteiger partial charge in [-0.3, -0.25) is 0 Å². The summed E-state index contributed by atoms with van der Waals surface area (Å²) in [5.74, 6) is 0. The highest BCUT2D eigenvalue weighted by Gasteiger charge is 2.23. The molecule has 0 bridgehead atoms. The molecule has 0 spiro atoms. The molecule has 1 aliphatic rings. The lowest BCUT2D eigenvalue weighted by molar-refractivity contribution is -0.673. The Kier molecular flexibility index (Phi) is 4.57. The Morgan fingerprint density at radius 2 is 1.79 bits per heavy atom. The van der Waals surface area contributed by atoms with Crippen LogP contribution in [0.5, 0.6) is 0 Å². The van der Waals surface area contributed by atoms with Gasteiger partial charge < -0.3 is 4.90 Å². The molecule has 0 radical (unpaired) electrons. The third-order valence-corrected chi connectivity index (χ3v) is 6.79. The van der Waals surface area contributed by atoms with Crippen LogP contribution in [0.2, 0.25) is 5.02 Å². The summed E-state index contributed by atoms with van der Waals surface area (Å²) in [5.41, 5.74) is 4.79. The Morgan fingerprint density at radius 3 is 2.69 bits per heavy atom. The summed E-state index contributed by atoms with van der Waals surface area (Å²) in [6.45, 7) is 0. The van der Waals surface area contributed by atoms with E-state index in [2.05, 4.69) is 96.5 Å². The number of aryl methyl sites for hydroxylation is 1. The van der Waals surface area contributed by atoms with E-state index < -0.39 is 0 Å². The molecule has 0 atom stereocenters. The van der Waals surface area contributed by atoms with Crippen molar-refractivity contribution >= 4 is 45.9 Å². The largest absolute Gasteiger partial charge is 0.338 e. The summed E-state index contributed by atoms with van der Waals surface area (Å²) in [7, 11) is 4.18. The topological polar surface area (TPSA) is 7.12 Å². The lowest BCUT2D eigenvalue weighted by Crippen LogP contribution is -2.31. The molecule has 2 nitrogen and oxygen atoms in total. The maximum atomic E-state index is 6.20. The van der Waals surface area contributed by atoms with Crippen LogP contribution in [0.1, 0.15) is 5.69 Å². The molecule has 0 aliphatic carbocycles. The summed E-state index contributed by atoms with van der Waals surface area (Å²) < 4.78 is 2.16. The van der Waals surface area contributed by atoms with E-state index in [1.165, 1.54) is 31.8 Å². The lowest BCUT2D eigenvalue weighted by atomic mass is 9.98. The van der Waals surface area contributed by atoms with Gasteiger partial charge in [0, 0.05) is 35.2 Å². The molecule has 0 N–H and O–H groups in total. The Labute approximate surface area is 180 Å². The number of fused-ring (bicyclic) bond motifs is 2. The van der Waals surface area contributed by atoms with E-state index in [0.29, 0.717) is 0 Å². The molecule has 2 heterocycles. The van der Waals surface area contributed by atoms with Crippen molar-refractivity contribution in [2.75, 3.05) is 11.9 Å². The van der Waals surface area contributed by atoms with Gasteiger partial charge in [-0.1, -0.05) is 65.8 Å². The van der Waals surface area contributed by atoms with E-state index in [0.717, 1.165) is 16.4 Å². The van der Waals surface area contributed by atoms with Gasteiger partial charge in [0.15, 0.2) is 6.20 Å². The monoisotopic (exact) mass is 415 g/mol. The molecule has 0 saturated carbocycles. The predicted octanol–water partition coefficient (Wildman–Crippen LogP) is 6.53. The highest BCUT2D eigenvalue weighted by molar-refractivity contribution is 8.03. The first-order valence-corrected chi connectivity index (χ1v) is 10.7. The summed E-state index contributed by atoms with van der Waals surface area (Å²) in [6.07, 6.45) is 4.38. The fraction of sp³-hybridized carbons (Fsp3) is 0.0800. The van der Waals surface area contributed by atoms with Crippen molar-refractivity contribution in [2.45, 2.75) is 4.90 Å². The second kappa shape index (κ2) is 7.25. The molecule has 0 amide bonds. The summed E-state index contributed by atoms with van der Waals surface area (Å²) >= 11 is 7.97. The minimum Gasteiger partial charge on any atom is -0.338 e. The Bertz CT molecular complexity index is 1270. The van der Waals surface area contributed by atoms with Crippen LogP contribution >= 0.6 is 23.4 Å². The van der Waals surface area contributed by atoms with Crippen LogP contribution < -0.4 is 9.47 Å². The van der Waals surface area contributed by atoms with Gasteiger partial charge in [0.05, 0.1) is 10.7 Å². The minimum absolute atomic E-state index is 0.765. The van der Waals surface area contributed by atoms with E-state index in [4.69, 9.17) is 11.6 Å². The van der Waals surface area contributed by atoms with Gasteiger partial charge in [-0.05, 0) is 40.1 Å². The first-order chi connectivity index (χ1) is 14.1. The number of hydrogen-bond donors (Lipinski definition) is 0. The van der Waals surface area contributed by atoms with Gasteiger partial charge in [0.2, 0.25) is 5.69 Å². The first kappa shape index (κ1) is 18.3. The number of nitrogens with zero attached hydrogens (tertiary/aromatic N) is 2. The second-order valence-corrected chi connectivity index (χ2v) is 8.73. The molecule has 4 heteroatoms. The lowest BCUT2D eigenvalue weighted by Gasteiger charge is -2.13. The van der Waals surface area contributed by atoms with E-state index in [1.54, 1.807) is 11.8 Å². The van der Waals surface area contributed by atoms with Gasteiger partial charge >= 0.3 is 0 Å². The Morgan fingerprint density at radius 1 is 0.966 bits per heavy atom. The molecule has 142 valence electrons. The second-order valence-electron chi connectivity index (χ2n) is 7.23. The summed E-state index contributed by atoms with van der Waals surface area (Å²) in [4.78, 5) is 3.44. The Balaban J connectivity index is 1.58. The first-order valence-electron chi connectivity index (χ1n) is 9.51. The van der Waals surface area contributed by atoms with Crippen molar-refractivity contribution in [2.24, 2.45) is 7.05 Å². The number of aromatic nitrogens is 1. The zero-order valence-electron chi connectivity index (χ0n) is 16.3. The van der Waals surface area contributed by atoms with Gasteiger partial charge in [0.1, 0.15) is 7.05 Å². The third-order valence-electron chi connectivity index (χ3n) is 5.39. The Hall–Kier alpha value is -2.75. The van der Waals surface area contributed by atoms with Crippen molar-refractivity contribution in [1.82, 2.24) is 0 Å². The average Bonchev–Trinajstić information content (AvgIpc) is 3.04. The summed E-state index contributed by atoms with van der Waals surface area (Å²) in [6, 6.07) is 25.5. The van der Waals surface area contributed by atoms with Crippen LogP contribution in [0.4, 0.5) is 5.69 Å². The SMILES string of the molecule is CN1/C(=C/c2cc(-c3cccc4ccccc34)cc[n+]2C)Sc2ccc(Cl)cc21. The van der Waals surface area contributed by atoms with Crippen LogP contribution in [0.15, 0.2) is 88.9 Å². The van der Waals surface area contributed by atoms with E-state index >= 15 is 0 Å². The number of hydrogen-bond acceptors (Lipinski definition) is 2. The highest BCUT2D eigenvalue weighted by Crippen LogP contribution is 2.46. The van der Waals surface area contributed by atoms with Crippen molar-refractivity contribution in [3.8, 4) is 11.1 Å². The number of rotatable bonds is 2. The quantitative estimate of drug-likeness (QED) is 0.344. The van der Waals surface area contributed by atoms with Crippen molar-refractivity contribution in [3.05, 3.63) is 94.7 Å². The standard InChI is InChI=1S/C25H20ClN2S/c1-27-13-12-18(22-9-5-7-17-6-3-4-8-21(17)22)14-20(27)16-25-28(2)23-15-19(26)10-11-24(23)29-25/h3-16H,1-2H3/q+1. The number of thioether (sulfide) groups is 1. The number of benzene rings is 3. The van der Waals surface area contributed by atoms with Crippen LogP contribution in [0.3, 0.4) is 0 Å². The molecule has 0 unspecified atom stereocenters. The van der Waals surface area contributed by atoms with Crippen molar-refractivity contribution < 1.29 is 4.57 Å². The summed E-state index contributed by atoms with van der Waals surface area (Å²) in [5, 5.41) is 4.49. The number of anilines is 1. The van der Waals surface area contributed by atoms with E-state index in [1.807, 2.05) is 12.1 Å². The van der Waals surface area contributed by atoms with Gasteiger partial charge in [0.25, 0.3) is 0 Å². The molecular weight excluding hydrogens is 396 g/mol. The molecule has 4 aromatic rings. The van der Waals surface area contributed by atoms with Crippen LogP contribution in [0.25, 0.3) is 28.0 Å². The molecule has 0 fully saturated rings. The van der Waals surface area contributed by atoms with E-state index in [9.17, 15) is 0 Å². The third kappa shape index (κ3) is 3.31. The maximum absolute atomic E-state index is 6.20. The zero-order chi connectivity index (χ0) is 20.0. The molecule has 1 aliphatic heterocycles. The predicted molar refractivity (Wildman–Crippen MR) is 124 cm³/mol. The van der Waals surface area contributed by atoms with Crippen molar-refractivity contribution in [3.63, 3.8) is 0 Å². The van der Waals surface area contributed by atoms with Crippen LogP contribution in [-0.4, -0.2) is 7.05 Å². The smallest absolute Gasteiger partial charge is 0.208 e. The molecule has 29 heavy (non-hydrogen) atoms. The normalized spacial score (nSPS) is 14.6. The fourth-order valence-corrected chi connectivity index (χ4v) is 5.01. The van der Waals surface area contributed by atoms with E-state index in [-0.39, 0.29) is 0 Å². The fourth-order valence-electron chi connectivity index (χ4n) is 3.77. The maximum Gasteiger partial charge on any atom is 0.208 e. The molecule has 3 aromatic carbocycles. The highest BCUT2D eigenvalue weighted by atomic mass is 35.5. The minimum atomic E-state index is 0.765.